The van der Waals surface area contributed by atoms with Crippen LogP contribution in [-0.2, 0) is 4.74 Å². The average molecular weight is 185 g/mol. The molecule has 0 aromatic heterocycles. The summed E-state index contributed by atoms with van der Waals surface area (Å²) in [6.45, 7) is 5.02. The highest BCUT2D eigenvalue weighted by molar-refractivity contribution is 5.00. The van der Waals surface area contributed by atoms with Gasteiger partial charge in [0.25, 0.3) is 0 Å². The second-order valence-corrected chi connectivity index (χ2v) is 4.40. The van der Waals surface area contributed by atoms with Crippen molar-refractivity contribution in [3.8, 4) is 0 Å². The molecular formula is C10H19NO2. The summed E-state index contributed by atoms with van der Waals surface area (Å²) in [7, 11) is 0. The van der Waals surface area contributed by atoms with Crippen LogP contribution in [0, 0.1) is 5.41 Å². The van der Waals surface area contributed by atoms with Crippen molar-refractivity contribution in [3.05, 3.63) is 0 Å². The topological polar surface area (TPSA) is 32.7 Å². The van der Waals surface area contributed by atoms with Crippen molar-refractivity contribution in [1.29, 1.82) is 0 Å². The van der Waals surface area contributed by atoms with E-state index in [9.17, 15) is 0 Å². The predicted octanol–water partition coefficient (Wildman–Crippen LogP) is 0.481. The van der Waals surface area contributed by atoms with Crippen LogP contribution in [0.2, 0.25) is 0 Å². The summed E-state index contributed by atoms with van der Waals surface area (Å²) in [4.78, 5) is 2.45. The quantitative estimate of drug-likeness (QED) is 0.632. The van der Waals surface area contributed by atoms with Gasteiger partial charge in [-0.25, -0.2) is 0 Å². The van der Waals surface area contributed by atoms with Crippen molar-refractivity contribution in [3.63, 3.8) is 0 Å². The lowest BCUT2D eigenvalue weighted by Crippen LogP contribution is -2.60. The Morgan fingerprint density at radius 1 is 1.23 bits per heavy atom. The van der Waals surface area contributed by atoms with E-state index in [4.69, 9.17) is 9.84 Å². The van der Waals surface area contributed by atoms with Gasteiger partial charge in [0.1, 0.15) is 0 Å². The smallest absolute Gasteiger partial charge is 0.0698 e. The molecule has 1 aliphatic heterocycles. The highest BCUT2D eigenvalue weighted by atomic mass is 16.5. The monoisotopic (exact) mass is 185 g/mol. The molecule has 1 saturated carbocycles. The zero-order valence-electron chi connectivity index (χ0n) is 8.17. The second kappa shape index (κ2) is 3.95. The minimum atomic E-state index is 0.143. The number of hydrogen-bond donors (Lipinski definition) is 1. The minimum absolute atomic E-state index is 0.143. The first kappa shape index (κ1) is 9.44. The van der Waals surface area contributed by atoms with Crippen molar-refractivity contribution in [2.24, 2.45) is 5.41 Å². The molecule has 1 saturated heterocycles. The van der Waals surface area contributed by atoms with Gasteiger partial charge in [0.2, 0.25) is 0 Å². The molecule has 1 N–H and O–H groups in total. The minimum Gasteiger partial charge on any atom is -0.394 e. The molecule has 1 aliphatic carbocycles. The van der Waals surface area contributed by atoms with Crippen LogP contribution in [0.5, 0.6) is 0 Å². The molecule has 13 heavy (non-hydrogen) atoms. The number of rotatable bonds is 5. The first-order valence-corrected chi connectivity index (χ1v) is 5.26. The molecule has 1 spiro atoms. The lowest BCUT2D eigenvalue weighted by molar-refractivity contribution is -0.0707. The van der Waals surface area contributed by atoms with Gasteiger partial charge in [-0.3, -0.25) is 4.90 Å². The summed E-state index contributed by atoms with van der Waals surface area (Å²) in [5.41, 5.74) is 0.733. The van der Waals surface area contributed by atoms with E-state index in [0.717, 1.165) is 18.6 Å². The van der Waals surface area contributed by atoms with E-state index >= 15 is 0 Å². The van der Waals surface area contributed by atoms with Crippen molar-refractivity contribution in [2.75, 3.05) is 39.5 Å². The maximum Gasteiger partial charge on any atom is 0.0698 e. The molecule has 0 aromatic rings. The normalized spacial score (nSPS) is 25.6. The Balaban J connectivity index is 1.49. The number of aliphatic hydroxyl groups is 1. The number of hydrogen-bond acceptors (Lipinski definition) is 3. The molecule has 2 fully saturated rings. The van der Waals surface area contributed by atoms with Crippen LogP contribution in [0.4, 0.5) is 0 Å². The largest absolute Gasteiger partial charge is 0.394 e. The maximum absolute atomic E-state index is 8.49. The van der Waals surface area contributed by atoms with Crippen molar-refractivity contribution < 1.29 is 9.84 Å². The van der Waals surface area contributed by atoms with Gasteiger partial charge in [0.05, 0.1) is 19.8 Å². The molecule has 0 amide bonds. The molecule has 0 bridgehead atoms. The van der Waals surface area contributed by atoms with Gasteiger partial charge in [-0.2, -0.15) is 0 Å². The lowest BCUT2D eigenvalue weighted by atomic mass is 9.63. The van der Waals surface area contributed by atoms with Crippen LogP contribution >= 0.6 is 0 Å². The van der Waals surface area contributed by atoms with Gasteiger partial charge in [0, 0.05) is 19.6 Å². The number of likely N-dealkylation sites (tertiary alicyclic amines) is 1. The Labute approximate surface area is 79.7 Å². The highest BCUT2D eigenvalue weighted by Crippen LogP contribution is 2.47. The Bertz CT molecular complexity index is 160. The SMILES string of the molecule is OCCOCCN1CC2(CCC2)C1. The van der Waals surface area contributed by atoms with E-state index in [-0.39, 0.29) is 6.61 Å². The molecular weight excluding hydrogens is 166 g/mol. The molecule has 1 heterocycles. The third kappa shape index (κ3) is 2.03. The summed E-state index contributed by atoms with van der Waals surface area (Å²) in [6, 6.07) is 0. The van der Waals surface area contributed by atoms with E-state index in [1.165, 1.54) is 32.4 Å². The van der Waals surface area contributed by atoms with Gasteiger partial charge in [-0.1, -0.05) is 6.42 Å². The third-order valence-corrected chi connectivity index (χ3v) is 3.32. The molecule has 76 valence electrons. The summed E-state index contributed by atoms with van der Waals surface area (Å²) >= 11 is 0. The molecule has 0 aromatic carbocycles. The van der Waals surface area contributed by atoms with Crippen LogP contribution in [0.3, 0.4) is 0 Å². The predicted molar refractivity (Wildman–Crippen MR) is 50.6 cm³/mol. The molecule has 3 heteroatoms. The third-order valence-electron chi connectivity index (χ3n) is 3.32. The average Bonchev–Trinajstić information content (AvgIpc) is 1.97. The van der Waals surface area contributed by atoms with E-state index in [0.29, 0.717) is 6.61 Å². The fourth-order valence-electron chi connectivity index (χ4n) is 2.41. The van der Waals surface area contributed by atoms with Crippen LogP contribution in [0.1, 0.15) is 19.3 Å². The Morgan fingerprint density at radius 3 is 2.54 bits per heavy atom. The maximum atomic E-state index is 8.49. The van der Waals surface area contributed by atoms with Crippen LogP contribution in [-0.4, -0.2) is 49.5 Å². The van der Waals surface area contributed by atoms with E-state index in [2.05, 4.69) is 4.90 Å². The summed E-state index contributed by atoms with van der Waals surface area (Å²) in [5, 5.41) is 8.49. The first-order valence-electron chi connectivity index (χ1n) is 5.26. The van der Waals surface area contributed by atoms with Gasteiger partial charge < -0.3 is 9.84 Å². The van der Waals surface area contributed by atoms with E-state index in [1.54, 1.807) is 0 Å². The van der Waals surface area contributed by atoms with Gasteiger partial charge in [0.15, 0.2) is 0 Å². The molecule has 3 nitrogen and oxygen atoms in total. The van der Waals surface area contributed by atoms with Gasteiger partial charge in [-0.15, -0.1) is 0 Å². The van der Waals surface area contributed by atoms with Crippen molar-refractivity contribution in [2.45, 2.75) is 19.3 Å². The summed E-state index contributed by atoms with van der Waals surface area (Å²) < 4.78 is 5.22. The van der Waals surface area contributed by atoms with E-state index in [1.807, 2.05) is 0 Å². The first-order chi connectivity index (χ1) is 6.35. The second-order valence-electron chi connectivity index (χ2n) is 4.40. The zero-order chi connectivity index (χ0) is 9.15. The summed E-state index contributed by atoms with van der Waals surface area (Å²) in [5.74, 6) is 0. The Morgan fingerprint density at radius 2 is 2.00 bits per heavy atom. The van der Waals surface area contributed by atoms with Crippen LogP contribution in [0.25, 0.3) is 0 Å². The van der Waals surface area contributed by atoms with E-state index < -0.39 is 0 Å². The fourth-order valence-corrected chi connectivity index (χ4v) is 2.41. The van der Waals surface area contributed by atoms with Gasteiger partial charge >= 0.3 is 0 Å². The number of ether oxygens (including phenoxy) is 1. The van der Waals surface area contributed by atoms with Gasteiger partial charge in [-0.05, 0) is 18.3 Å². The molecule has 0 radical (unpaired) electrons. The fraction of sp³-hybridized carbons (Fsp3) is 1.00. The van der Waals surface area contributed by atoms with Crippen molar-refractivity contribution >= 4 is 0 Å². The number of nitrogens with zero attached hydrogens (tertiary/aromatic N) is 1. The molecule has 0 atom stereocenters. The van der Waals surface area contributed by atoms with Crippen LogP contribution < -0.4 is 0 Å². The number of aliphatic hydroxyl groups excluding tert-OH is 1. The zero-order valence-corrected chi connectivity index (χ0v) is 8.17. The molecule has 0 unspecified atom stereocenters. The Hall–Kier alpha value is -0.120. The molecule has 2 rings (SSSR count). The van der Waals surface area contributed by atoms with Crippen LogP contribution in [0.15, 0.2) is 0 Å². The highest BCUT2D eigenvalue weighted by Gasteiger charge is 2.46. The lowest BCUT2D eigenvalue weighted by Gasteiger charge is -2.56. The molecule has 2 aliphatic rings. The standard InChI is InChI=1S/C10H19NO2/c12-5-7-13-6-4-11-8-10(9-11)2-1-3-10/h12H,1-9H2. The van der Waals surface area contributed by atoms with Crippen molar-refractivity contribution in [1.82, 2.24) is 4.90 Å². The Kier molecular flexibility index (Phi) is 2.86. The summed E-state index contributed by atoms with van der Waals surface area (Å²) in [6.07, 6.45) is 4.33.